The van der Waals surface area contributed by atoms with Crippen LogP contribution in [-0.2, 0) is 6.42 Å². The van der Waals surface area contributed by atoms with E-state index in [9.17, 15) is 8.78 Å². The lowest BCUT2D eigenvalue weighted by atomic mass is 10.1. The highest BCUT2D eigenvalue weighted by molar-refractivity contribution is 9.10. The van der Waals surface area contributed by atoms with E-state index >= 15 is 0 Å². The minimum absolute atomic E-state index is 0.149. The molecule has 0 bridgehead atoms. The second-order valence-electron chi connectivity index (χ2n) is 4.69. The summed E-state index contributed by atoms with van der Waals surface area (Å²) in [5, 5.41) is 3.20. The summed E-state index contributed by atoms with van der Waals surface area (Å²) in [6.07, 6.45) is 0.615. The van der Waals surface area contributed by atoms with Crippen LogP contribution in [0.4, 0.5) is 8.78 Å². The van der Waals surface area contributed by atoms with Crippen molar-refractivity contribution in [2.45, 2.75) is 17.4 Å². The summed E-state index contributed by atoms with van der Waals surface area (Å²) in [7, 11) is 1.87. The third-order valence-electron chi connectivity index (χ3n) is 3.15. The Morgan fingerprint density at radius 1 is 1.14 bits per heavy atom. The van der Waals surface area contributed by atoms with Crippen molar-refractivity contribution in [1.29, 1.82) is 0 Å². The zero-order chi connectivity index (χ0) is 15.2. The van der Waals surface area contributed by atoms with Gasteiger partial charge in [0.25, 0.3) is 0 Å². The lowest BCUT2D eigenvalue weighted by Crippen LogP contribution is -2.30. The van der Waals surface area contributed by atoms with Crippen LogP contribution in [0, 0.1) is 11.6 Å². The third kappa shape index (κ3) is 5.09. The molecule has 0 saturated carbocycles. The van der Waals surface area contributed by atoms with Gasteiger partial charge in [-0.2, -0.15) is 0 Å². The Balaban J connectivity index is 1.95. The van der Waals surface area contributed by atoms with Crippen molar-refractivity contribution in [1.82, 2.24) is 5.32 Å². The van der Waals surface area contributed by atoms with E-state index in [0.717, 1.165) is 15.1 Å². The predicted octanol–water partition coefficient (Wildman–Crippen LogP) is 4.65. The molecule has 0 aliphatic heterocycles. The number of halogens is 3. The SMILES string of the molecule is CNC(CSc1ccc(F)cc1)Cc1ccc(Br)cc1F. The molecule has 0 aromatic heterocycles. The van der Waals surface area contributed by atoms with Gasteiger partial charge >= 0.3 is 0 Å². The van der Waals surface area contributed by atoms with Crippen LogP contribution in [0.2, 0.25) is 0 Å². The summed E-state index contributed by atoms with van der Waals surface area (Å²) in [5.41, 5.74) is 0.692. The Hall–Kier alpha value is -0.910. The fraction of sp³-hybridized carbons (Fsp3) is 0.250. The van der Waals surface area contributed by atoms with Crippen LogP contribution in [0.1, 0.15) is 5.56 Å². The van der Waals surface area contributed by atoms with Crippen molar-refractivity contribution in [3.63, 3.8) is 0 Å². The van der Waals surface area contributed by atoms with Crippen molar-refractivity contribution in [3.05, 3.63) is 64.1 Å². The van der Waals surface area contributed by atoms with Gasteiger partial charge in [0.1, 0.15) is 11.6 Å². The van der Waals surface area contributed by atoms with E-state index in [1.54, 1.807) is 30.0 Å². The van der Waals surface area contributed by atoms with Crippen LogP contribution < -0.4 is 5.32 Å². The van der Waals surface area contributed by atoms with Gasteiger partial charge in [0.2, 0.25) is 0 Å². The van der Waals surface area contributed by atoms with Gasteiger partial charge in [0.05, 0.1) is 0 Å². The lowest BCUT2D eigenvalue weighted by molar-refractivity contribution is 0.568. The molecule has 1 atom stereocenters. The van der Waals surface area contributed by atoms with Crippen molar-refractivity contribution in [2.75, 3.05) is 12.8 Å². The average Bonchev–Trinajstić information content (AvgIpc) is 2.47. The van der Waals surface area contributed by atoms with Gasteiger partial charge in [-0.05, 0) is 55.4 Å². The van der Waals surface area contributed by atoms with Crippen LogP contribution >= 0.6 is 27.7 Å². The highest BCUT2D eigenvalue weighted by Crippen LogP contribution is 2.21. The van der Waals surface area contributed by atoms with E-state index in [4.69, 9.17) is 0 Å². The Morgan fingerprint density at radius 3 is 2.48 bits per heavy atom. The van der Waals surface area contributed by atoms with Gasteiger partial charge in [0, 0.05) is 21.2 Å². The first kappa shape index (κ1) is 16.5. The van der Waals surface area contributed by atoms with Gasteiger partial charge in [-0.25, -0.2) is 8.78 Å². The molecule has 0 aliphatic rings. The molecule has 0 heterocycles. The topological polar surface area (TPSA) is 12.0 Å². The summed E-state index contributed by atoms with van der Waals surface area (Å²) >= 11 is 4.89. The molecule has 2 aromatic rings. The lowest BCUT2D eigenvalue weighted by Gasteiger charge is -2.16. The highest BCUT2D eigenvalue weighted by Gasteiger charge is 2.11. The van der Waals surface area contributed by atoms with E-state index in [1.807, 2.05) is 13.1 Å². The van der Waals surface area contributed by atoms with E-state index in [1.165, 1.54) is 18.2 Å². The summed E-state index contributed by atoms with van der Waals surface area (Å²) in [6.45, 7) is 0. The van der Waals surface area contributed by atoms with Crippen molar-refractivity contribution in [2.24, 2.45) is 0 Å². The van der Waals surface area contributed by atoms with E-state index in [0.29, 0.717) is 12.0 Å². The maximum absolute atomic E-state index is 13.8. The number of hydrogen-bond acceptors (Lipinski definition) is 2. The fourth-order valence-electron chi connectivity index (χ4n) is 1.92. The molecule has 1 unspecified atom stereocenters. The number of benzene rings is 2. The van der Waals surface area contributed by atoms with E-state index in [2.05, 4.69) is 21.2 Å². The van der Waals surface area contributed by atoms with Crippen LogP contribution in [0.3, 0.4) is 0 Å². The number of nitrogens with one attached hydrogen (secondary N) is 1. The van der Waals surface area contributed by atoms with E-state index < -0.39 is 0 Å². The summed E-state index contributed by atoms with van der Waals surface area (Å²) < 4.78 is 27.4. The summed E-state index contributed by atoms with van der Waals surface area (Å²) in [6, 6.07) is 11.7. The summed E-state index contributed by atoms with van der Waals surface area (Å²) in [4.78, 5) is 1.01. The zero-order valence-corrected chi connectivity index (χ0v) is 14.0. The minimum atomic E-state index is -0.235. The average molecular weight is 372 g/mol. The van der Waals surface area contributed by atoms with Crippen LogP contribution in [-0.4, -0.2) is 18.8 Å². The Labute approximate surface area is 136 Å². The van der Waals surface area contributed by atoms with Gasteiger partial charge in [0.15, 0.2) is 0 Å². The van der Waals surface area contributed by atoms with Crippen molar-refractivity contribution in [3.8, 4) is 0 Å². The first-order valence-electron chi connectivity index (χ1n) is 6.58. The van der Waals surface area contributed by atoms with Gasteiger partial charge < -0.3 is 5.32 Å². The molecule has 0 fully saturated rings. The molecule has 0 amide bonds. The first-order valence-corrected chi connectivity index (χ1v) is 8.36. The zero-order valence-electron chi connectivity index (χ0n) is 11.6. The monoisotopic (exact) mass is 371 g/mol. The smallest absolute Gasteiger partial charge is 0.127 e. The van der Waals surface area contributed by atoms with Gasteiger partial charge in [-0.15, -0.1) is 11.8 Å². The number of hydrogen-bond donors (Lipinski definition) is 1. The molecule has 2 aromatic carbocycles. The number of rotatable bonds is 6. The molecular weight excluding hydrogens is 356 g/mol. The second-order valence-corrected chi connectivity index (χ2v) is 6.70. The molecule has 112 valence electrons. The van der Waals surface area contributed by atoms with Crippen LogP contribution in [0.15, 0.2) is 51.8 Å². The van der Waals surface area contributed by atoms with Gasteiger partial charge in [-0.3, -0.25) is 0 Å². The maximum atomic E-state index is 13.8. The Bertz CT molecular complexity index is 589. The predicted molar refractivity (Wildman–Crippen MR) is 87.8 cm³/mol. The van der Waals surface area contributed by atoms with Gasteiger partial charge in [-0.1, -0.05) is 22.0 Å². The largest absolute Gasteiger partial charge is 0.316 e. The number of thioether (sulfide) groups is 1. The molecule has 2 rings (SSSR count). The molecular formula is C16H16BrF2NS. The normalized spacial score (nSPS) is 12.4. The summed E-state index contributed by atoms with van der Waals surface area (Å²) in [5.74, 6) is 0.357. The molecule has 0 radical (unpaired) electrons. The highest BCUT2D eigenvalue weighted by atomic mass is 79.9. The molecule has 1 N–H and O–H groups in total. The second kappa shape index (κ2) is 7.92. The van der Waals surface area contributed by atoms with E-state index in [-0.39, 0.29) is 17.7 Å². The molecule has 1 nitrogen and oxygen atoms in total. The molecule has 5 heteroatoms. The quantitative estimate of drug-likeness (QED) is 0.741. The Morgan fingerprint density at radius 2 is 1.86 bits per heavy atom. The maximum Gasteiger partial charge on any atom is 0.127 e. The third-order valence-corrected chi connectivity index (χ3v) is 4.82. The molecule has 0 spiro atoms. The minimum Gasteiger partial charge on any atom is -0.316 e. The first-order chi connectivity index (χ1) is 10.1. The Kier molecular flexibility index (Phi) is 6.21. The van der Waals surface area contributed by atoms with Crippen LogP contribution in [0.25, 0.3) is 0 Å². The molecule has 0 saturated heterocycles. The molecule has 0 aliphatic carbocycles. The standard InChI is InChI=1S/C16H16BrF2NS/c1-20-14(8-11-2-3-12(17)9-16(11)19)10-21-15-6-4-13(18)5-7-15/h2-7,9,14,20H,8,10H2,1H3. The fourth-order valence-corrected chi connectivity index (χ4v) is 3.26. The van der Waals surface area contributed by atoms with Crippen LogP contribution in [0.5, 0.6) is 0 Å². The van der Waals surface area contributed by atoms with Crippen molar-refractivity contribution < 1.29 is 8.78 Å². The number of likely N-dealkylation sites (N-methyl/N-ethyl adjacent to an activating group) is 1. The molecule has 21 heavy (non-hydrogen) atoms. The van der Waals surface area contributed by atoms with Crippen molar-refractivity contribution >= 4 is 27.7 Å².